The van der Waals surface area contributed by atoms with Gasteiger partial charge in [0, 0.05) is 18.3 Å². The zero-order valence-corrected chi connectivity index (χ0v) is 9.21. The molecule has 0 unspecified atom stereocenters. The summed E-state index contributed by atoms with van der Waals surface area (Å²) in [5, 5.41) is 15.1. The first kappa shape index (κ1) is 11.2. The second kappa shape index (κ2) is 5.16. The first-order valence-electron chi connectivity index (χ1n) is 5.31. The lowest BCUT2D eigenvalue weighted by molar-refractivity contribution is 0.194. The third-order valence-corrected chi connectivity index (χ3v) is 2.33. The van der Waals surface area contributed by atoms with Gasteiger partial charge in [0.05, 0.1) is 12.2 Å². The molecule has 1 amide bonds. The van der Waals surface area contributed by atoms with Crippen molar-refractivity contribution in [3.05, 3.63) is 42.6 Å². The summed E-state index contributed by atoms with van der Waals surface area (Å²) in [7, 11) is 0. The van der Waals surface area contributed by atoms with E-state index in [2.05, 4.69) is 10.4 Å². The average molecular weight is 231 g/mol. The Morgan fingerprint density at radius 1 is 1.29 bits per heavy atom. The van der Waals surface area contributed by atoms with Crippen LogP contribution < -0.4 is 5.32 Å². The predicted octanol–water partition coefficient (Wildman–Crippen LogP) is 1.82. The highest BCUT2D eigenvalue weighted by atomic mass is 16.4. The van der Waals surface area contributed by atoms with E-state index in [-0.39, 0.29) is 0 Å². The van der Waals surface area contributed by atoms with Gasteiger partial charge in [-0.3, -0.25) is 4.68 Å². The predicted molar refractivity (Wildman–Crippen MR) is 63.7 cm³/mol. The standard InChI is InChI=1S/C12H13N3O2/c16-12(17)13-7-9-15-8-6-11(14-15)10-4-2-1-3-5-10/h1-6,8,13H,7,9H2,(H,16,17). The highest BCUT2D eigenvalue weighted by molar-refractivity contribution is 5.64. The quantitative estimate of drug-likeness (QED) is 0.843. The second-order valence-electron chi connectivity index (χ2n) is 3.56. The summed E-state index contributed by atoms with van der Waals surface area (Å²) in [4.78, 5) is 10.3. The van der Waals surface area contributed by atoms with Crippen molar-refractivity contribution in [2.75, 3.05) is 6.54 Å². The lowest BCUT2D eigenvalue weighted by atomic mass is 10.2. The third-order valence-electron chi connectivity index (χ3n) is 2.33. The number of nitrogens with zero attached hydrogens (tertiary/aromatic N) is 2. The van der Waals surface area contributed by atoms with Gasteiger partial charge in [-0.05, 0) is 6.07 Å². The monoisotopic (exact) mass is 231 g/mol. The lowest BCUT2D eigenvalue weighted by Gasteiger charge is -2.01. The molecule has 2 N–H and O–H groups in total. The molecule has 2 rings (SSSR count). The molecule has 0 spiro atoms. The number of benzene rings is 1. The van der Waals surface area contributed by atoms with Crippen LogP contribution in [0.15, 0.2) is 42.6 Å². The van der Waals surface area contributed by atoms with Gasteiger partial charge in [-0.15, -0.1) is 0 Å². The van der Waals surface area contributed by atoms with E-state index >= 15 is 0 Å². The average Bonchev–Trinajstić information content (AvgIpc) is 2.78. The van der Waals surface area contributed by atoms with Crippen LogP contribution in [-0.4, -0.2) is 27.5 Å². The molecule has 17 heavy (non-hydrogen) atoms. The van der Waals surface area contributed by atoms with E-state index < -0.39 is 6.09 Å². The minimum absolute atomic E-state index is 0.352. The molecule has 1 aromatic carbocycles. The fraction of sp³-hybridized carbons (Fsp3) is 0.167. The summed E-state index contributed by atoms with van der Waals surface area (Å²) < 4.78 is 1.72. The number of nitrogens with one attached hydrogen (secondary N) is 1. The summed E-state index contributed by atoms with van der Waals surface area (Å²) in [6, 6.07) is 11.8. The molecule has 0 saturated heterocycles. The van der Waals surface area contributed by atoms with Gasteiger partial charge in [0.15, 0.2) is 0 Å². The summed E-state index contributed by atoms with van der Waals surface area (Å²) in [5.74, 6) is 0. The molecule has 1 aromatic heterocycles. The van der Waals surface area contributed by atoms with Crippen LogP contribution in [0.2, 0.25) is 0 Å². The van der Waals surface area contributed by atoms with E-state index in [9.17, 15) is 4.79 Å². The maximum Gasteiger partial charge on any atom is 0.404 e. The van der Waals surface area contributed by atoms with Crippen LogP contribution >= 0.6 is 0 Å². The molecule has 0 saturated carbocycles. The van der Waals surface area contributed by atoms with Crippen molar-refractivity contribution in [2.24, 2.45) is 0 Å². The Kier molecular flexibility index (Phi) is 3.40. The van der Waals surface area contributed by atoms with Crippen molar-refractivity contribution in [1.29, 1.82) is 0 Å². The highest BCUT2D eigenvalue weighted by Gasteiger charge is 2.01. The van der Waals surface area contributed by atoms with Gasteiger partial charge in [-0.25, -0.2) is 4.79 Å². The van der Waals surface area contributed by atoms with E-state index in [1.165, 1.54) is 0 Å². The smallest absolute Gasteiger partial charge is 0.404 e. The molecule has 0 atom stereocenters. The maximum absolute atomic E-state index is 10.3. The van der Waals surface area contributed by atoms with Crippen LogP contribution in [0.1, 0.15) is 0 Å². The zero-order valence-electron chi connectivity index (χ0n) is 9.21. The van der Waals surface area contributed by atoms with Crippen molar-refractivity contribution in [3.63, 3.8) is 0 Å². The SMILES string of the molecule is O=C(O)NCCn1ccc(-c2ccccc2)n1. The lowest BCUT2D eigenvalue weighted by Crippen LogP contribution is -2.25. The number of aromatic nitrogens is 2. The molecule has 0 fully saturated rings. The minimum atomic E-state index is -1.01. The molecule has 0 aliphatic carbocycles. The maximum atomic E-state index is 10.3. The fourth-order valence-corrected chi connectivity index (χ4v) is 1.53. The van der Waals surface area contributed by atoms with E-state index in [4.69, 9.17) is 5.11 Å². The van der Waals surface area contributed by atoms with Crippen molar-refractivity contribution in [3.8, 4) is 11.3 Å². The number of carboxylic acid groups (broad SMARTS) is 1. The van der Waals surface area contributed by atoms with Crippen LogP contribution in [0.5, 0.6) is 0 Å². The zero-order chi connectivity index (χ0) is 12.1. The Labute approximate surface area is 98.7 Å². The molecule has 0 bridgehead atoms. The number of rotatable bonds is 4. The van der Waals surface area contributed by atoms with E-state index in [0.29, 0.717) is 13.1 Å². The highest BCUT2D eigenvalue weighted by Crippen LogP contribution is 2.15. The van der Waals surface area contributed by atoms with Gasteiger partial charge < -0.3 is 10.4 Å². The van der Waals surface area contributed by atoms with Gasteiger partial charge >= 0.3 is 6.09 Å². The molecule has 5 heteroatoms. The largest absolute Gasteiger partial charge is 0.465 e. The molecule has 0 radical (unpaired) electrons. The Morgan fingerprint density at radius 3 is 2.76 bits per heavy atom. The van der Waals surface area contributed by atoms with E-state index in [1.54, 1.807) is 4.68 Å². The van der Waals surface area contributed by atoms with Gasteiger partial charge in [0.25, 0.3) is 0 Å². The number of hydrogen-bond acceptors (Lipinski definition) is 2. The van der Waals surface area contributed by atoms with Crippen LogP contribution in [0.4, 0.5) is 4.79 Å². The fourth-order valence-electron chi connectivity index (χ4n) is 1.53. The van der Waals surface area contributed by atoms with Crippen molar-refractivity contribution >= 4 is 6.09 Å². The number of carbonyl (C=O) groups is 1. The van der Waals surface area contributed by atoms with Crippen molar-refractivity contribution < 1.29 is 9.90 Å². The molecular weight excluding hydrogens is 218 g/mol. The van der Waals surface area contributed by atoms with Gasteiger partial charge in [0.2, 0.25) is 0 Å². The van der Waals surface area contributed by atoms with Gasteiger partial charge in [-0.2, -0.15) is 5.10 Å². The van der Waals surface area contributed by atoms with Crippen LogP contribution in [-0.2, 0) is 6.54 Å². The first-order chi connectivity index (χ1) is 8.25. The molecule has 88 valence electrons. The van der Waals surface area contributed by atoms with Gasteiger partial charge in [0.1, 0.15) is 0 Å². The first-order valence-corrected chi connectivity index (χ1v) is 5.31. The normalized spacial score (nSPS) is 10.1. The Morgan fingerprint density at radius 2 is 2.06 bits per heavy atom. The summed E-state index contributed by atoms with van der Waals surface area (Å²) in [5.41, 5.74) is 1.94. The van der Waals surface area contributed by atoms with Crippen LogP contribution in [0.25, 0.3) is 11.3 Å². The van der Waals surface area contributed by atoms with E-state index in [0.717, 1.165) is 11.3 Å². The molecule has 2 aromatic rings. The Hall–Kier alpha value is -2.30. The summed E-state index contributed by atoms with van der Waals surface area (Å²) >= 11 is 0. The Balaban J connectivity index is 1.99. The molecular formula is C12H13N3O2. The second-order valence-corrected chi connectivity index (χ2v) is 3.56. The number of amides is 1. The molecule has 0 aliphatic heterocycles. The van der Waals surface area contributed by atoms with Gasteiger partial charge in [-0.1, -0.05) is 30.3 Å². The summed E-state index contributed by atoms with van der Waals surface area (Å²) in [6.07, 6.45) is 0.826. The minimum Gasteiger partial charge on any atom is -0.465 e. The summed E-state index contributed by atoms with van der Waals surface area (Å²) in [6.45, 7) is 0.879. The topological polar surface area (TPSA) is 67.2 Å². The molecule has 5 nitrogen and oxygen atoms in total. The van der Waals surface area contributed by atoms with Crippen LogP contribution in [0, 0.1) is 0 Å². The van der Waals surface area contributed by atoms with E-state index in [1.807, 2.05) is 42.6 Å². The van der Waals surface area contributed by atoms with Crippen LogP contribution in [0.3, 0.4) is 0 Å². The third kappa shape index (κ3) is 3.07. The van der Waals surface area contributed by atoms with Crippen molar-refractivity contribution in [1.82, 2.24) is 15.1 Å². The Bertz CT molecular complexity index is 493. The number of hydrogen-bond donors (Lipinski definition) is 2. The van der Waals surface area contributed by atoms with Crippen molar-refractivity contribution in [2.45, 2.75) is 6.54 Å². The molecule has 1 heterocycles. The molecule has 0 aliphatic rings.